The number of hydrazone groups is 1. The number of nitrogens with one attached hydrogen (secondary N) is 1. The molecular formula is C23H19N5OS2. The minimum atomic E-state index is -0.406. The van der Waals surface area contributed by atoms with Crippen LogP contribution >= 0.6 is 23.5 Å². The number of carbonyl (C=O) groups is 1. The van der Waals surface area contributed by atoms with Crippen molar-refractivity contribution >= 4 is 61.7 Å². The number of aromatic nitrogens is 1. The number of nitrogens with zero attached hydrogens (tertiary/aromatic N) is 4. The maximum absolute atomic E-state index is 12.7. The standard InChI is InChI=1S/C23H19N5OS2/c1-13-10-17(12-19-20(24)28-22(25-21(19)29)31-23(26-28)30-3)14(2)27(13)18-9-8-15-6-4-5-7-16(15)11-18/h4-12,24H,1-3H3/b19-12+,24-20?. The second-order valence-corrected chi connectivity index (χ2v) is 9.29. The molecule has 1 aromatic heterocycles. The smallest absolute Gasteiger partial charge is 0.283 e. The lowest BCUT2D eigenvalue weighted by molar-refractivity contribution is -0.114. The summed E-state index contributed by atoms with van der Waals surface area (Å²) < 4.78 is 2.94. The van der Waals surface area contributed by atoms with E-state index in [4.69, 9.17) is 5.41 Å². The number of rotatable bonds is 2. The first kappa shape index (κ1) is 19.8. The van der Waals surface area contributed by atoms with E-state index in [1.165, 1.54) is 39.3 Å². The highest BCUT2D eigenvalue weighted by Gasteiger charge is 2.35. The Balaban J connectivity index is 1.56. The highest BCUT2D eigenvalue weighted by atomic mass is 32.2. The summed E-state index contributed by atoms with van der Waals surface area (Å²) in [5, 5.41) is 17.2. The average Bonchev–Trinajstić information content (AvgIpc) is 3.30. The van der Waals surface area contributed by atoms with E-state index in [2.05, 4.69) is 45.0 Å². The van der Waals surface area contributed by atoms with Crippen molar-refractivity contribution in [2.45, 2.75) is 13.8 Å². The van der Waals surface area contributed by atoms with Crippen molar-refractivity contribution in [2.24, 2.45) is 10.1 Å². The van der Waals surface area contributed by atoms with Gasteiger partial charge in [0.2, 0.25) is 5.17 Å². The van der Waals surface area contributed by atoms with Gasteiger partial charge in [-0.05, 0) is 72.5 Å². The maximum atomic E-state index is 12.7. The molecule has 0 bridgehead atoms. The molecule has 31 heavy (non-hydrogen) atoms. The van der Waals surface area contributed by atoms with Gasteiger partial charge in [0, 0.05) is 17.1 Å². The van der Waals surface area contributed by atoms with Crippen molar-refractivity contribution in [1.82, 2.24) is 9.58 Å². The first-order valence-corrected chi connectivity index (χ1v) is 11.7. The molecule has 1 N–H and O–H groups in total. The maximum Gasteiger partial charge on any atom is 0.283 e. The van der Waals surface area contributed by atoms with E-state index in [1.807, 2.05) is 38.3 Å². The monoisotopic (exact) mass is 445 g/mol. The molecule has 0 saturated heterocycles. The van der Waals surface area contributed by atoms with E-state index in [0.29, 0.717) is 5.17 Å². The molecule has 0 fully saturated rings. The van der Waals surface area contributed by atoms with Crippen LogP contribution in [0.4, 0.5) is 0 Å². The fraction of sp³-hybridized carbons (Fsp3) is 0.130. The molecule has 0 saturated carbocycles. The number of benzene rings is 2. The molecule has 0 radical (unpaired) electrons. The van der Waals surface area contributed by atoms with Crippen molar-refractivity contribution in [2.75, 3.05) is 6.26 Å². The van der Waals surface area contributed by atoms with Gasteiger partial charge in [-0.25, -0.2) is 0 Å². The molecule has 3 heterocycles. The van der Waals surface area contributed by atoms with Crippen molar-refractivity contribution in [3.8, 4) is 5.69 Å². The molecule has 2 aliphatic rings. The average molecular weight is 446 g/mol. The van der Waals surface area contributed by atoms with Crippen LogP contribution in [0.15, 0.2) is 64.2 Å². The fourth-order valence-electron chi connectivity index (χ4n) is 3.86. The van der Waals surface area contributed by atoms with Crippen LogP contribution in [-0.4, -0.2) is 37.1 Å². The van der Waals surface area contributed by atoms with Crippen molar-refractivity contribution in [1.29, 1.82) is 5.41 Å². The number of thioether (sulfide) groups is 2. The molecule has 0 unspecified atom stereocenters. The Labute approximate surface area is 188 Å². The molecule has 154 valence electrons. The van der Waals surface area contributed by atoms with E-state index >= 15 is 0 Å². The number of aryl methyl sites for hydroxylation is 1. The van der Waals surface area contributed by atoms with Gasteiger partial charge >= 0.3 is 0 Å². The summed E-state index contributed by atoms with van der Waals surface area (Å²) in [6.07, 6.45) is 3.66. The lowest BCUT2D eigenvalue weighted by Gasteiger charge is -2.20. The molecule has 5 rings (SSSR count). The Kier molecular flexibility index (Phi) is 4.83. The summed E-state index contributed by atoms with van der Waals surface area (Å²) in [5.41, 5.74) is 4.25. The number of amidine groups is 2. The lowest BCUT2D eigenvalue weighted by atomic mass is 10.1. The Hall–Kier alpha value is -3.10. The van der Waals surface area contributed by atoms with E-state index in [-0.39, 0.29) is 11.4 Å². The molecule has 2 aromatic carbocycles. The summed E-state index contributed by atoms with van der Waals surface area (Å²) in [7, 11) is 0. The third-order valence-corrected chi connectivity index (χ3v) is 7.26. The summed E-state index contributed by atoms with van der Waals surface area (Å²) in [6.45, 7) is 4.07. The molecule has 1 amide bonds. The first-order valence-electron chi connectivity index (χ1n) is 9.68. The topological polar surface area (TPSA) is 73.8 Å². The van der Waals surface area contributed by atoms with Gasteiger partial charge in [-0.2, -0.15) is 10.0 Å². The molecule has 0 spiro atoms. The van der Waals surface area contributed by atoms with Crippen LogP contribution in [0.5, 0.6) is 0 Å². The number of aliphatic imine (C=N–C) groups is 1. The fourth-order valence-corrected chi connectivity index (χ4v) is 5.21. The number of fused-ring (bicyclic) bond motifs is 2. The van der Waals surface area contributed by atoms with Crippen LogP contribution in [-0.2, 0) is 4.79 Å². The Morgan fingerprint density at radius 3 is 2.65 bits per heavy atom. The zero-order chi connectivity index (χ0) is 21.7. The molecule has 0 aliphatic carbocycles. The number of carbonyl (C=O) groups excluding carboxylic acids is 1. The van der Waals surface area contributed by atoms with Crippen LogP contribution in [0.1, 0.15) is 17.0 Å². The molecule has 2 aliphatic heterocycles. The quantitative estimate of drug-likeness (QED) is 0.551. The number of hydrogen-bond donors (Lipinski definition) is 1. The predicted molar refractivity (Wildman–Crippen MR) is 131 cm³/mol. The zero-order valence-corrected chi connectivity index (χ0v) is 18.8. The van der Waals surface area contributed by atoms with Crippen LogP contribution < -0.4 is 0 Å². The SMILES string of the molecule is CSC1=NN2C(=N)/C(=C\c3cc(C)n(-c4ccc5ccccc5c4)c3C)C(=O)N=C2S1. The Morgan fingerprint density at radius 1 is 1.10 bits per heavy atom. The second kappa shape index (κ2) is 7.55. The summed E-state index contributed by atoms with van der Waals surface area (Å²) in [6, 6.07) is 16.7. The van der Waals surface area contributed by atoms with E-state index in [0.717, 1.165) is 27.0 Å². The number of amides is 1. The minimum absolute atomic E-state index is 0.0575. The van der Waals surface area contributed by atoms with Crippen molar-refractivity contribution < 1.29 is 4.79 Å². The Bertz CT molecular complexity index is 1370. The molecule has 3 aromatic rings. The van der Waals surface area contributed by atoms with E-state index in [1.54, 1.807) is 6.08 Å². The molecule has 8 heteroatoms. The van der Waals surface area contributed by atoms with Crippen LogP contribution in [0.25, 0.3) is 22.5 Å². The Morgan fingerprint density at radius 2 is 1.87 bits per heavy atom. The van der Waals surface area contributed by atoms with E-state index < -0.39 is 5.91 Å². The zero-order valence-electron chi connectivity index (χ0n) is 17.2. The van der Waals surface area contributed by atoms with Crippen molar-refractivity contribution in [3.05, 3.63) is 71.1 Å². The first-order chi connectivity index (χ1) is 15.0. The van der Waals surface area contributed by atoms with Gasteiger partial charge in [-0.15, -0.1) is 16.9 Å². The van der Waals surface area contributed by atoms with Crippen molar-refractivity contribution in [3.63, 3.8) is 0 Å². The summed E-state index contributed by atoms with van der Waals surface area (Å²) in [4.78, 5) is 16.8. The molecule has 6 nitrogen and oxygen atoms in total. The van der Waals surface area contributed by atoms with E-state index in [9.17, 15) is 4.79 Å². The van der Waals surface area contributed by atoms with Crippen LogP contribution in [0, 0.1) is 19.3 Å². The minimum Gasteiger partial charge on any atom is -0.318 e. The van der Waals surface area contributed by atoms with Gasteiger partial charge in [-0.3, -0.25) is 10.2 Å². The summed E-state index contributed by atoms with van der Waals surface area (Å²) in [5.74, 6) is -0.348. The lowest BCUT2D eigenvalue weighted by Crippen LogP contribution is -2.35. The second-order valence-electron chi connectivity index (χ2n) is 7.28. The van der Waals surface area contributed by atoms with Crippen LogP contribution in [0.3, 0.4) is 0 Å². The third-order valence-electron chi connectivity index (χ3n) is 5.37. The third kappa shape index (κ3) is 3.32. The highest BCUT2D eigenvalue weighted by molar-refractivity contribution is 8.45. The number of hydrogen-bond acceptors (Lipinski definition) is 5. The normalized spacial score (nSPS) is 17.4. The van der Waals surface area contributed by atoms with Gasteiger partial charge in [0.25, 0.3) is 5.91 Å². The van der Waals surface area contributed by atoms with Gasteiger partial charge in [-0.1, -0.05) is 30.3 Å². The van der Waals surface area contributed by atoms with Gasteiger partial charge in [0.05, 0.1) is 5.57 Å². The van der Waals surface area contributed by atoms with Crippen LogP contribution in [0.2, 0.25) is 0 Å². The van der Waals surface area contributed by atoms with Gasteiger partial charge < -0.3 is 4.57 Å². The van der Waals surface area contributed by atoms with Gasteiger partial charge in [0.15, 0.2) is 10.2 Å². The molecule has 0 atom stereocenters. The largest absolute Gasteiger partial charge is 0.318 e. The molecular weight excluding hydrogens is 426 g/mol. The predicted octanol–water partition coefficient (Wildman–Crippen LogP) is 5.19. The highest BCUT2D eigenvalue weighted by Crippen LogP contribution is 2.32. The van der Waals surface area contributed by atoms with Gasteiger partial charge in [0.1, 0.15) is 0 Å². The summed E-state index contributed by atoms with van der Waals surface area (Å²) >= 11 is 2.79.